The fraction of sp³-hybridized carbons (Fsp3) is 0.235. The molecule has 22 heavy (non-hydrogen) atoms. The first-order valence-electron chi connectivity index (χ1n) is 7.08. The Bertz CT molecular complexity index is 916. The summed E-state index contributed by atoms with van der Waals surface area (Å²) in [6.45, 7) is 5.82. The second-order valence-electron chi connectivity index (χ2n) is 6.32. The van der Waals surface area contributed by atoms with Crippen molar-refractivity contribution in [1.29, 1.82) is 0 Å². The molecule has 5 nitrogen and oxygen atoms in total. The summed E-state index contributed by atoms with van der Waals surface area (Å²) in [5.41, 5.74) is 1.06. The molecule has 112 valence electrons. The number of hydrogen-bond acceptors (Lipinski definition) is 5. The zero-order valence-corrected chi connectivity index (χ0v) is 12.7. The summed E-state index contributed by atoms with van der Waals surface area (Å²) in [4.78, 5) is 27.8. The van der Waals surface area contributed by atoms with Gasteiger partial charge in [0.15, 0.2) is 0 Å². The van der Waals surface area contributed by atoms with E-state index in [0.717, 1.165) is 16.6 Å². The van der Waals surface area contributed by atoms with E-state index in [4.69, 9.17) is 0 Å². The van der Waals surface area contributed by atoms with Crippen LogP contribution in [0.2, 0.25) is 0 Å². The van der Waals surface area contributed by atoms with Crippen molar-refractivity contribution < 1.29 is 0 Å². The lowest BCUT2D eigenvalue weighted by Crippen LogP contribution is -2.41. The summed E-state index contributed by atoms with van der Waals surface area (Å²) in [5, 5.41) is 7.09. The molecule has 0 unspecified atom stereocenters. The molecule has 0 fully saturated rings. The van der Waals surface area contributed by atoms with Crippen LogP contribution in [0.1, 0.15) is 20.8 Å². The minimum Gasteiger partial charge on any atom is -0.375 e. The van der Waals surface area contributed by atoms with E-state index in [1.807, 2.05) is 51.1 Å². The molecule has 0 atom stereocenters. The maximum atomic E-state index is 11.8. The predicted molar refractivity (Wildman–Crippen MR) is 89.8 cm³/mol. The molecule has 3 rings (SSSR count). The van der Waals surface area contributed by atoms with Crippen LogP contribution < -0.4 is 21.5 Å². The van der Waals surface area contributed by atoms with Crippen molar-refractivity contribution in [3.8, 4) is 0 Å². The van der Waals surface area contributed by atoms with Gasteiger partial charge in [-0.3, -0.25) is 14.6 Å². The summed E-state index contributed by atoms with van der Waals surface area (Å²) in [6, 6.07) is 9.42. The van der Waals surface area contributed by atoms with Gasteiger partial charge in [-0.05, 0) is 45.0 Å². The first-order valence-corrected chi connectivity index (χ1v) is 7.08. The molecule has 2 aromatic carbocycles. The van der Waals surface area contributed by atoms with Gasteiger partial charge in [0.2, 0.25) is 0 Å². The number of nitrogens with one attached hydrogen (secondary N) is 2. The first-order chi connectivity index (χ1) is 10.3. The molecular weight excluding hydrogens is 278 g/mol. The summed E-state index contributed by atoms with van der Waals surface area (Å²) < 4.78 is 0. The highest BCUT2D eigenvalue weighted by atomic mass is 16.2. The summed E-state index contributed by atoms with van der Waals surface area (Å²) in [7, 11) is 0. The van der Waals surface area contributed by atoms with Crippen molar-refractivity contribution in [2.45, 2.75) is 26.3 Å². The summed E-state index contributed by atoms with van der Waals surface area (Å²) in [5.74, 6) is 0. The Morgan fingerprint density at radius 2 is 1.73 bits per heavy atom. The van der Waals surface area contributed by atoms with Crippen molar-refractivity contribution in [1.82, 2.24) is 4.98 Å². The molecule has 0 saturated heterocycles. The van der Waals surface area contributed by atoms with Crippen molar-refractivity contribution in [2.75, 3.05) is 10.6 Å². The number of nitrogens with zero attached hydrogens (tertiary/aromatic N) is 1. The second-order valence-corrected chi connectivity index (χ2v) is 6.32. The molecule has 0 bridgehead atoms. The van der Waals surface area contributed by atoms with Gasteiger partial charge < -0.3 is 10.6 Å². The highest BCUT2D eigenvalue weighted by Gasteiger charge is 2.24. The third kappa shape index (κ3) is 2.57. The summed E-state index contributed by atoms with van der Waals surface area (Å²) >= 11 is 0. The lowest BCUT2D eigenvalue weighted by Gasteiger charge is -2.24. The number of fused-ring (bicyclic) bond motifs is 1. The molecule has 1 heterocycles. The van der Waals surface area contributed by atoms with Gasteiger partial charge in [-0.2, -0.15) is 0 Å². The van der Waals surface area contributed by atoms with E-state index in [2.05, 4.69) is 15.6 Å². The fourth-order valence-corrected chi connectivity index (χ4v) is 2.30. The molecule has 0 amide bonds. The summed E-state index contributed by atoms with van der Waals surface area (Å²) in [6.07, 6.45) is 1.73. The van der Waals surface area contributed by atoms with Crippen molar-refractivity contribution >= 4 is 28.0 Å². The van der Waals surface area contributed by atoms with Crippen LogP contribution in [0.3, 0.4) is 0 Å². The van der Waals surface area contributed by atoms with Crippen LogP contribution in [0.4, 0.5) is 17.1 Å². The van der Waals surface area contributed by atoms with Gasteiger partial charge in [-0.1, -0.05) is 6.07 Å². The van der Waals surface area contributed by atoms with Gasteiger partial charge in [0, 0.05) is 22.8 Å². The SMILES string of the molecule is CC(C)(C)Nc1c(Nc2ccc3ncccc3c2)c(=O)c1=O. The van der Waals surface area contributed by atoms with E-state index < -0.39 is 10.9 Å². The van der Waals surface area contributed by atoms with Gasteiger partial charge >= 0.3 is 0 Å². The van der Waals surface area contributed by atoms with Gasteiger partial charge in [0.05, 0.1) is 5.52 Å². The Hall–Kier alpha value is -2.69. The molecular formula is C17H17N3O2. The number of aromatic nitrogens is 1. The van der Waals surface area contributed by atoms with Crippen LogP contribution in [0, 0.1) is 0 Å². The molecule has 0 radical (unpaired) electrons. The maximum Gasteiger partial charge on any atom is 0.253 e. The minimum absolute atomic E-state index is 0.286. The Morgan fingerprint density at radius 1 is 1.00 bits per heavy atom. The average molecular weight is 295 g/mol. The smallest absolute Gasteiger partial charge is 0.253 e. The molecule has 0 aliphatic heterocycles. The maximum absolute atomic E-state index is 11.8. The molecule has 1 aromatic heterocycles. The van der Waals surface area contributed by atoms with Crippen molar-refractivity contribution in [2.24, 2.45) is 0 Å². The van der Waals surface area contributed by atoms with E-state index in [-0.39, 0.29) is 5.54 Å². The van der Waals surface area contributed by atoms with Crippen LogP contribution in [-0.4, -0.2) is 10.5 Å². The lowest BCUT2D eigenvalue weighted by atomic mass is 10.1. The zero-order chi connectivity index (χ0) is 15.9. The highest BCUT2D eigenvalue weighted by molar-refractivity contribution is 5.85. The third-order valence-corrected chi connectivity index (χ3v) is 3.28. The van der Waals surface area contributed by atoms with E-state index >= 15 is 0 Å². The van der Waals surface area contributed by atoms with E-state index in [1.54, 1.807) is 6.20 Å². The Balaban J connectivity index is 1.94. The fourth-order valence-electron chi connectivity index (χ4n) is 2.30. The van der Waals surface area contributed by atoms with Gasteiger partial charge in [-0.15, -0.1) is 0 Å². The standard InChI is InChI=1S/C17H17N3O2/c1-17(2,3)20-14-13(15(21)16(14)22)19-11-6-7-12-10(9-11)5-4-8-18-12/h4-9,19-20H,1-3H3. The molecule has 0 aliphatic rings. The monoisotopic (exact) mass is 295 g/mol. The number of anilines is 3. The molecule has 0 spiro atoms. The number of hydrogen-bond donors (Lipinski definition) is 2. The largest absolute Gasteiger partial charge is 0.375 e. The zero-order valence-electron chi connectivity index (χ0n) is 12.7. The van der Waals surface area contributed by atoms with Crippen molar-refractivity contribution in [3.63, 3.8) is 0 Å². The van der Waals surface area contributed by atoms with Crippen LogP contribution in [-0.2, 0) is 0 Å². The Morgan fingerprint density at radius 3 is 2.45 bits per heavy atom. The van der Waals surface area contributed by atoms with E-state index in [0.29, 0.717) is 11.4 Å². The molecule has 2 N–H and O–H groups in total. The normalized spacial score (nSPS) is 11.8. The van der Waals surface area contributed by atoms with Crippen LogP contribution in [0.15, 0.2) is 46.1 Å². The van der Waals surface area contributed by atoms with Gasteiger partial charge in [0.25, 0.3) is 10.9 Å². The van der Waals surface area contributed by atoms with Crippen LogP contribution in [0.25, 0.3) is 10.9 Å². The van der Waals surface area contributed by atoms with Gasteiger partial charge in [0.1, 0.15) is 11.4 Å². The Kier molecular flexibility index (Phi) is 3.20. The second kappa shape index (κ2) is 4.94. The van der Waals surface area contributed by atoms with Gasteiger partial charge in [-0.25, -0.2) is 0 Å². The number of rotatable bonds is 3. The third-order valence-electron chi connectivity index (χ3n) is 3.28. The van der Waals surface area contributed by atoms with Crippen molar-refractivity contribution in [3.05, 3.63) is 57.0 Å². The molecule has 5 heteroatoms. The highest BCUT2D eigenvalue weighted by Crippen LogP contribution is 2.25. The molecule has 0 saturated carbocycles. The number of benzene rings is 1. The minimum atomic E-state index is -0.488. The number of pyridine rings is 1. The van der Waals surface area contributed by atoms with E-state index in [1.165, 1.54) is 0 Å². The average Bonchev–Trinajstić information content (AvgIpc) is 2.49. The molecule has 3 aromatic rings. The molecule has 0 aliphatic carbocycles. The first kappa shape index (κ1) is 14.3. The quantitative estimate of drug-likeness (QED) is 0.727. The van der Waals surface area contributed by atoms with Crippen LogP contribution in [0.5, 0.6) is 0 Å². The lowest BCUT2D eigenvalue weighted by molar-refractivity contribution is 0.632. The van der Waals surface area contributed by atoms with Crippen LogP contribution >= 0.6 is 0 Å². The Labute approximate surface area is 127 Å². The van der Waals surface area contributed by atoms with E-state index in [9.17, 15) is 9.59 Å². The predicted octanol–water partition coefficient (Wildman–Crippen LogP) is 2.78. The topological polar surface area (TPSA) is 71.1 Å².